The van der Waals surface area contributed by atoms with E-state index in [1.165, 1.54) is 12.1 Å². The lowest BCUT2D eigenvalue weighted by molar-refractivity contribution is -0.137. The third-order valence-electron chi connectivity index (χ3n) is 5.36. The zero-order chi connectivity index (χ0) is 21.3. The molecule has 0 radical (unpaired) electrons. The van der Waals surface area contributed by atoms with Gasteiger partial charge in [0, 0.05) is 30.4 Å². The van der Waals surface area contributed by atoms with Crippen LogP contribution in [0.1, 0.15) is 36.2 Å². The predicted octanol–water partition coefficient (Wildman–Crippen LogP) is 4.89. The number of rotatable bonds is 4. The van der Waals surface area contributed by atoms with Crippen LogP contribution in [0.3, 0.4) is 0 Å². The predicted molar refractivity (Wildman–Crippen MR) is 112 cm³/mol. The van der Waals surface area contributed by atoms with Crippen molar-refractivity contribution in [3.63, 3.8) is 0 Å². The van der Waals surface area contributed by atoms with Gasteiger partial charge < -0.3 is 10.2 Å². The fourth-order valence-corrected chi connectivity index (χ4v) is 3.91. The Morgan fingerprint density at radius 1 is 1.17 bits per heavy atom. The van der Waals surface area contributed by atoms with Crippen molar-refractivity contribution < 1.29 is 13.2 Å². The van der Waals surface area contributed by atoms with Gasteiger partial charge in [-0.2, -0.15) is 13.2 Å². The van der Waals surface area contributed by atoms with Gasteiger partial charge in [-0.3, -0.25) is 4.99 Å². The molecule has 1 saturated heterocycles. The number of aliphatic imine (C=N–C) groups is 1. The Morgan fingerprint density at radius 2 is 1.93 bits per heavy atom. The molecule has 4 rings (SSSR count). The minimum atomic E-state index is -4.48. The molecule has 0 amide bonds. The van der Waals surface area contributed by atoms with Crippen molar-refractivity contribution in [1.82, 2.24) is 14.9 Å². The smallest absolute Gasteiger partial charge is 0.367 e. The van der Waals surface area contributed by atoms with Gasteiger partial charge in [-0.25, -0.2) is 9.97 Å². The number of halogens is 4. The molecule has 0 spiro atoms. The molecule has 2 aliphatic heterocycles. The Kier molecular flexibility index (Phi) is 5.79. The zero-order valence-corrected chi connectivity index (χ0v) is 17.1. The first-order valence-corrected chi connectivity index (χ1v) is 10.1. The highest BCUT2D eigenvalue weighted by molar-refractivity contribution is 6.32. The van der Waals surface area contributed by atoms with Crippen LogP contribution >= 0.6 is 11.6 Å². The van der Waals surface area contributed by atoms with Crippen LogP contribution in [-0.4, -0.2) is 46.8 Å². The van der Waals surface area contributed by atoms with Crippen molar-refractivity contribution in [3.05, 3.63) is 58.6 Å². The molecule has 30 heavy (non-hydrogen) atoms. The van der Waals surface area contributed by atoms with Gasteiger partial charge in [0.05, 0.1) is 16.3 Å². The van der Waals surface area contributed by atoms with Crippen LogP contribution in [0.4, 0.5) is 19.0 Å². The summed E-state index contributed by atoms with van der Waals surface area (Å²) in [6.45, 7) is 2.10. The highest BCUT2D eigenvalue weighted by Crippen LogP contribution is 2.36. The van der Waals surface area contributed by atoms with E-state index in [9.17, 15) is 13.2 Å². The lowest BCUT2D eigenvalue weighted by Crippen LogP contribution is -2.36. The normalized spacial score (nSPS) is 18.3. The number of alkyl halides is 3. The standard InChI is InChI=1S/C21H21ClF3N5/c1-30-8-5-15(6-9-30)28-19-4-7-26-20(29-19)14-11-18(27-12-14)13-2-3-16(17(22)10-13)21(23,24)25/h2-4,7,10,12,15H,5-6,8-9,11H2,1H3,(H,26,28,29). The van der Waals surface area contributed by atoms with Crippen molar-refractivity contribution in [2.75, 3.05) is 25.5 Å². The van der Waals surface area contributed by atoms with Gasteiger partial charge in [0.15, 0.2) is 5.82 Å². The maximum absolute atomic E-state index is 12.9. The molecular weight excluding hydrogens is 415 g/mol. The second-order valence-corrected chi connectivity index (χ2v) is 7.99. The molecule has 158 valence electrons. The number of hydrogen-bond donors (Lipinski definition) is 1. The molecule has 1 aromatic carbocycles. The molecule has 9 heteroatoms. The molecule has 1 aromatic heterocycles. The van der Waals surface area contributed by atoms with Crippen LogP contribution in [0.25, 0.3) is 5.57 Å². The molecule has 5 nitrogen and oxygen atoms in total. The van der Waals surface area contributed by atoms with E-state index in [2.05, 4.69) is 32.2 Å². The minimum absolute atomic E-state index is 0.336. The van der Waals surface area contributed by atoms with E-state index < -0.39 is 11.7 Å². The average Bonchev–Trinajstić information content (AvgIpc) is 3.19. The highest BCUT2D eigenvalue weighted by atomic mass is 35.5. The van der Waals surface area contributed by atoms with E-state index in [0.29, 0.717) is 29.6 Å². The minimum Gasteiger partial charge on any atom is -0.367 e. The summed E-state index contributed by atoms with van der Waals surface area (Å²) < 4.78 is 38.7. The van der Waals surface area contributed by atoms with Crippen LogP contribution in [-0.2, 0) is 6.18 Å². The molecule has 0 aliphatic carbocycles. The fourth-order valence-electron chi connectivity index (χ4n) is 3.62. The molecule has 0 saturated carbocycles. The van der Waals surface area contributed by atoms with Crippen LogP contribution in [0.5, 0.6) is 0 Å². The Labute approximate surface area is 177 Å². The van der Waals surface area contributed by atoms with Crippen molar-refractivity contribution in [3.8, 4) is 0 Å². The molecular formula is C21H21ClF3N5. The Balaban J connectivity index is 1.43. The van der Waals surface area contributed by atoms with Gasteiger partial charge in [-0.05, 0) is 56.7 Å². The first-order valence-electron chi connectivity index (χ1n) is 9.71. The summed E-state index contributed by atoms with van der Waals surface area (Å²) >= 11 is 5.84. The zero-order valence-electron chi connectivity index (χ0n) is 16.4. The van der Waals surface area contributed by atoms with E-state index in [-0.39, 0.29) is 5.02 Å². The average molecular weight is 436 g/mol. The van der Waals surface area contributed by atoms with Gasteiger partial charge in [0.1, 0.15) is 5.82 Å². The molecule has 1 N–H and O–H groups in total. The number of likely N-dealkylation sites (tertiary alicyclic amines) is 1. The quantitative estimate of drug-likeness (QED) is 0.743. The summed E-state index contributed by atoms with van der Waals surface area (Å²) in [6.07, 6.45) is 1.43. The summed E-state index contributed by atoms with van der Waals surface area (Å²) in [6, 6.07) is 5.90. The third kappa shape index (κ3) is 4.65. The maximum atomic E-state index is 12.9. The van der Waals surface area contributed by atoms with Crippen molar-refractivity contribution >= 4 is 28.7 Å². The van der Waals surface area contributed by atoms with Crippen molar-refractivity contribution in [2.24, 2.45) is 4.99 Å². The molecule has 2 aromatic rings. The van der Waals surface area contributed by atoms with Crippen LogP contribution in [0.2, 0.25) is 5.02 Å². The third-order valence-corrected chi connectivity index (χ3v) is 5.67. The molecule has 1 fully saturated rings. The summed E-state index contributed by atoms with van der Waals surface area (Å²) in [5.41, 5.74) is 1.15. The van der Waals surface area contributed by atoms with E-state index in [1.54, 1.807) is 12.4 Å². The molecule has 3 heterocycles. The van der Waals surface area contributed by atoms with Gasteiger partial charge >= 0.3 is 6.18 Å². The summed E-state index contributed by atoms with van der Waals surface area (Å²) in [5, 5.41) is 3.13. The second kappa shape index (κ2) is 8.35. The first kappa shape index (κ1) is 20.8. The van der Waals surface area contributed by atoms with E-state index in [4.69, 9.17) is 11.6 Å². The summed E-state index contributed by atoms with van der Waals surface area (Å²) in [7, 11) is 2.12. The van der Waals surface area contributed by atoms with Crippen molar-refractivity contribution in [1.29, 1.82) is 0 Å². The summed E-state index contributed by atoms with van der Waals surface area (Å²) in [4.78, 5) is 15.6. The number of allylic oxidation sites excluding steroid dienone is 1. The summed E-state index contributed by atoms with van der Waals surface area (Å²) in [5.74, 6) is 1.33. The Hall–Kier alpha value is -2.45. The van der Waals surface area contributed by atoms with Crippen LogP contribution in [0, 0.1) is 0 Å². The largest absolute Gasteiger partial charge is 0.417 e. The Bertz CT molecular complexity index is 994. The highest BCUT2D eigenvalue weighted by Gasteiger charge is 2.33. The lowest BCUT2D eigenvalue weighted by Gasteiger charge is -2.29. The number of piperidine rings is 1. The van der Waals surface area contributed by atoms with Crippen LogP contribution in [0.15, 0.2) is 41.7 Å². The maximum Gasteiger partial charge on any atom is 0.417 e. The number of nitrogens with zero attached hydrogens (tertiary/aromatic N) is 4. The van der Waals surface area contributed by atoms with Gasteiger partial charge in [0.25, 0.3) is 0 Å². The monoisotopic (exact) mass is 435 g/mol. The molecule has 0 unspecified atom stereocenters. The topological polar surface area (TPSA) is 53.4 Å². The molecule has 0 atom stereocenters. The molecule has 0 bridgehead atoms. The van der Waals surface area contributed by atoms with Crippen molar-refractivity contribution in [2.45, 2.75) is 31.5 Å². The second-order valence-electron chi connectivity index (χ2n) is 7.59. The van der Waals surface area contributed by atoms with Gasteiger partial charge in [-0.1, -0.05) is 17.7 Å². The number of hydrogen-bond acceptors (Lipinski definition) is 5. The van der Waals surface area contributed by atoms with Gasteiger partial charge in [-0.15, -0.1) is 0 Å². The van der Waals surface area contributed by atoms with Gasteiger partial charge in [0.2, 0.25) is 0 Å². The Morgan fingerprint density at radius 3 is 2.63 bits per heavy atom. The number of aromatic nitrogens is 2. The van der Waals surface area contributed by atoms with Crippen LogP contribution < -0.4 is 5.32 Å². The fraction of sp³-hybridized carbons (Fsp3) is 0.381. The number of anilines is 1. The lowest BCUT2D eigenvalue weighted by atomic mass is 10.0. The van der Waals surface area contributed by atoms with E-state index in [0.717, 1.165) is 43.4 Å². The number of nitrogens with one attached hydrogen (secondary N) is 1. The molecule has 2 aliphatic rings. The number of benzene rings is 1. The van der Waals surface area contributed by atoms with E-state index >= 15 is 0 Å². The van der Waals surface area contributed by atoms with E-state index in [1.807, 2.05) is 6.07 Å². The first-order chi connectivity index (χ1) is 14.3. The SMILES string of the molecule is CN1CCC(Nc2ccnc(C3=CN=C(c4ccc(C(F)(F)F)c(Cl)c4)C3)n2)CC1.